The molecule has 80 valence electrons. The van der Waals surface area contributed by atoms with Crippen molar-refractivity contribution in [1.82, 2.24) is 4.73 Å². The van der Waals surface area contributed by atoms with Crippen LogP contribution in [-0.2, 0) is 15.6 Å². The van der Waals surface area contributed by atoms with Crippen LogP contribution >= 0.6 is 0 Å². The first-order chi connectivity index (χ1) is 6.97. The molecule has 4 nitrogen and oxygen atoms in total. The fourth-order valence-electron chi connectivity index (χ4n) is 1.63. The maximum Gasteiger partial charge on any atom is 0.151 e. The van der Waals surface area contributed by atoms with E-state index in [1.165, 1.54) is 12.5 Å². The molecule has 0 aliphatic rings. The third kappa shape index (κ3) is 1.97. The molecule has 0 saturated heterocycles. The van der Waals surface area contributed by atoms with Crippen LogP contribution in [0.5, 0.6) is 0 Å². The molecule has 1 N–H and O–H groups in total. The Hall–Kier alpha value is -1.49. The number of sulfone groups is 1. The quantitative estimate of drug-likeness (QED) is 0.786. The predicted octanol–water partition coefficient (Wildman–Crippen LogP) is 1.42. The molecule has 0 fully saturated rings. The first-order valence-electron chi connectivity index (χ1n) is 4.43. The van der Waals surface area contributed by atoms with Crippen molar-refractivity contribution in [1.29, 1.82) is 0 Å². The molecule has 1 heterocycles. The predicted molar refractivity (Wildman–Crippen MR) is 57.7 cm³/mol. The van der Waals surface area contributed by atoms with Crippen molar-refractivity contribution < 1.29 is 13.6 Å². The fraction of sp³-hybridized carbons (Fsp3) is 0.200. The summed E-state index contributed by atoms with van der Waals surface area (Å²) < 4.78 is 23.3. The maximum atomic E-state index is 11.2. The largest absolute Gasteiger partial charge is 0.428 e. The Morgan fingerprint density at radius 1 is 1.33 bits per heavy atom. The summed E-state index contributed by atoms with van der Waals surface area (Å²) in [5.74, 6) is -0.0545. The summed E-state index contributed by atoms with van der Waals surface area (Å²) in [5.41, 5.74) is 1.24. The van der Waals surface area contributed by atoms with Crippen molar-refractivity contribution in [2.24, 2.45) is 0 Å². The van der Waals surface area contributed by atoms with Crippen LogP contribution in [0.1, 0.15) is 5.56 Å². The third-order valence-corrected chi connectivity index (χ3v) is 3.03. The molecule has 0 aliphatic heterocycles. The number of para-hydroxylation sites is 1. The van der Waals surface area contributed by atoms with Gasteiger partial charge in [-0.15, -0.1) is 0 Å². The lowest BCUT2D eigenvalue weighted by molar-refractivity contribution is 0.200. The lowest BCUT2D eigenvalue weighted by Gasteiger charge is -1.95. The van der Waals surface area contributed by atoms with Gasteiger partial charge in [0.05, 0.1) is 11.3 Å². The molecule has 0 amide bonds. The Morgan fingerprint density at radius 2 is 2.00 bits per heavy atom. The summed E-state index contributed by atoms with van der Waals surface area (Å²) in [7, 11) is -3.08. The van der Waals surface area contributed by atoms with Crippen LogP contribution in [0.3, 0.4) is 0 Å². The molecule has 0 spiro atoms. The van der Waals surface area contributed by atoms with Crippen LogP contribution in [0.25, 0.3) is 10.9 Å². The van der Waals surface area contributed by atoms with Gasteiger partial charge in [0.15, 0.2) is 9.84 Å². The first-order valence-corrected chi connectivity index (χ1v) is 6.49. The summed E-state index contributed by atoms with van der Waals surface area (Å²) in [4.78, 5) is 0. The van der Waals surface area contributed by atoms with Gasteiger partial charge in [0.1, 0.15) is 0 Å². The first kappa shape index (κ1) is 10.0. The van der Waals surface area contributed by atoms with Crippen molar-refractivity contribution in [3.05, 3.63) is 36.0 Å². The minimum absolute atomic E-state index is 0.0545. The van der Waals surface area contributed by atoms with Crippen LogP contribution in [0.15, 0.2) is 30.5 Å². The summed E-state index contributed by atoms with van der Waals surface area (Å²) in [6.45, 7) is 0. The highest BCUT2D eigenvalue weighted by Crippen LogP contribution is 2.21. The standard InChI is InChI=1S/C10H11NO3S/c1-15(13,14)7-8-6-11(12)10-5-3-2-4-9(8)10/h2-6,12H,7H2,1H3. The number of aromatic nitrogens is 1. The topological polar surface area (TPSA) is 59.3 Å². The van der Waals surface area contributed by atoms with Gasteiger partial charge in [-0.05, 0) is 11.6 Å². The average Bonchev–Trinajstić information content (AvgIpc) is 2.42. The van der Waals surface area contributed by atoms with Gasteiger partial charge in [-0.3, -0.25) is 0 Å². The number of nitrogens with zero attached hydrogens (tertiary/aromatic N) is 1. The molecular formula is C10H11NO3S. The van der Waals surface area contributed by atoms with Gasteiger partial charge in [0.2, 0.25) is 0 Å². The van der Waals surface area contributed by atoms with Crippen molar-refractivity contribution >= 4 is 20.7 Å². The van der Waals surface area contributed by atoms with Crippen LogP contribution in [-0.4, -0.2) is 24.6 Å². The minimum atomic E-state index is -3.08. The van der Waals surface area contributed by atoms with E-state index in [9.17, 15) is 13.6 Å². The van der Waals surface area contributed by atoms with Gasteiger partial charge in [-0.1, -0.05) is 18.2 Å². The third-order valence-electron chi connectivity index (χ3n) is 2.19. The van der Waals surface area contributed by atoms with Crippen molar-refractivity contribution in [3.63, 3.8) is 0 Å². The zero-order chi connectivity index (χ0) is 11.1. The Labute approximate surface area is 87.6 Å². The number of hydrogen-bond acceptors (Lipinski definition) is 3. The zero-order valence-corrected chi connectivity index (χ0v) is 9.03. The summed E-state index contributed by atoms with van der Waals surface area (Å²) in [6, 6.07) is 7.14. The molecule has 0 bridgehead atoms. The van der Waals surface area contributed by atoms with Gasteiger partial charge in [-0.25, -0.2) is 8.42 Å². The molecule has 5 heteroatoms. The second-order valence-electron chi connectivity index (χ2n) is 3.59. The van der Waals surface area contributed by atoms with E-state index in [1.54, 1.807) is 18.2 Å². The molecule has 1 aromatic carbocycles. The molecular weight excluding hydrogens is 214 g/mol. The number of rotatable bonds is 2. The van der Waals surface area contributed by atoms with E-state index in [2.05, 4.69) is 0 Å². The van der Waals surface area contributed by atoms with E-state index < -0.39 is 9.84 Å². The minimum Gasteiger partial charge on any atom is -0.428 e. The zero-order valence-electron chi connectivity index (χ0n) is 8.21. The molecule has 1 aromatic heterocycles. The molecule has 0 radical (unpaired) electrons. The number of hydrogen-bond donors (Lipinski definition) is 1. The van der Waals surface area contributed by atoms with E-state index in [4.69, 9.17) is 0 Å². The Kier molecular flexibility index (Phi) is 2.19. The van der Waals surface area contributed by atoms with Crippen LogP contribution in [0.4, 0.5) is 0 Å². The SMILES string of the molecule is CS(=O)(=O)Cc1cn(O)c2ccccc12. The molecule has 2 aromatic rings. The van der Waals surface area contributed by atoms with Gasteiger partial charge in [0, 0.05) is 17.8 Å². The van der Waals surface area contributed by atoms with Crippen molar-refractivity contribution in [3.8, 4) is 0 Å². The van der Waals surface area contributed by atoms with Gasteiger partial charge in [0.25, 0.3) is 0 Å². The van der Waals surface area contributed by atoms with Crippen molar-refractivity contribution in [2.45, 2.75) is 5.75 Å². The molecule has 0 saturated carbocycles. The van der Waals surface area contributed by atoms with Crippen LogP contribution in [0.2, 0.25) is 0 Å². The fourth-order valence-corrected chi connectivity index (χ4v) is 2.42. The lowest BCUT2D eigenvalue weighted by atomic mass is 10.2. The molecule has 15 heavy (non-hydrogen) atoms. The number of benzene rings is 1. The van der Waals surface area contributed by atoms with E-state index in [0.29, 0.717) is 11.1 Å². The summed E-state index contributed by atoms with van der Waals surface area (Å²) >= 11 is 0. The molecule has 2 rings (SSSR count). The number of fused-ring (bicyclic) bond motifs is 1. The monoisotopic (exact) mass is 225 g/mol. The average molecular weight is 225 g/mol. The normalized spacial score (nSPS) is 12.1. The smallest absolute Gasteiger partial charge is 0.151 e. The lowest BCUT2D eigenvalue weighted by Crippen LogP contribution is -1.99. The second kappa shape index (κ2) is 3.27. The highest BCUT2D eigenvalue weighted by atomic mass is 32.2. The van der Waals surface area contributed by atoms with E-state index in [1.807, 2.05) is 6.07 Å². The second-order valence-corrected chi connectivity index (χ2v) is 5.73. The molecule has 0 aliphatic carbocycles. The molecule has 0 atom stereocenters. The van der Waals surface area contributed by atoms with Crippen molar-refractivity contribution in [2.75, 3.05) is 6.26 Å². The highest BCUT2D eigenvalue weighted by Gasteiger charge is 2.11. The Balaban J connectivity index is 2.62. The van der Waals surface area contributed by atoms with Gasteiger partial charge >= 0.3 is 0 Å². The van der Waals surface area contributed by atoms with Gasteiger partial charge < -0.3 is 5.21 Å². The van der Waals surface area contributed by atoms with E-state index in [0.717, 1.165) is 10.1 Å². The van der Waals surface area contributed by atoms with E-state index in [-0.39, 0.29) is 5.75 Å². The van der Waals surface area contributed by atoms with Crippen LogP contribution in [0, 0.1) is 0 Å². The van der Waals surface area contributed by atoms with Crippen LogP contribution < -0.4 is 0 Å². The maximum absolute atomic E-state index is 11.2. The summed E-state index contributed by atoms with van der Waals surface area (Å²) in [6.07, 6.45) is 2.61. The van der Waals surface area contributed by atoms with E-state index >= 15 is 0 Å². The highest BCUT2D eigenvalue weighted by molar-refractivity contribution is 7.89. The Bertz CT molecular complexity index is 598. The van der Waals surface area contributed by atoms with Gasteiger partial charge in [-0.2, -0.15) is 4.73 Å². The Morgan fingerprint density at radius 3 is 2.67 bits per heavy atom. The summed E-state index contributed by atoms with van der Waals surface area (Å²) in [5, 5.41) is 10.3. The molecule has 0 unspecified atom stereocenters.